The molecule has 2 aromatic carbocycles. The minimum Gasteiger partial charge on any atom is -0.368 e. The van der Waals surface area contributed by atoms with Crippen LogP contribution in [0.1, 0.15) is 42.8 Å². The van der Waals surface area contributed by atoms with E-state index in [9.17, 15) is 14.9 Å². The summed E-state index contributed by atoms with van der Waals surface area (Å²) in [6.45, 7) is 5.02. The summed E-state index contributed by atoms with van der Waals surface area (Å²) in [5.74, 6) is 6.23. The number of nitrogens with one attached hydrogen (secondary N) is 1. The van der Waals surface area contributed by atoms with E-state index in [4.69, 9.17) is 10.7 Å². The van der Waals surface area contributed by atoms with E-state index in [1.807, 2.05) is 24.3 Å². The van der Waals surface area contributed by atoms with Crippen molar-refractivity contribution < 1.29 is 4.79 Å². The number of hydrogen-bond acceptors (Lipinski definition) is 8. The van der Waals surface area contributed by atoms with Gasteiger partial charge in [0.1, 0.15) is 23.3 Å². The molecule has 2 heterocycles. The molecule has 4 rings (SSSR count). The van der Waals surface area contributed by atoms with Gasteiger partial charge < -0.3 is 11.1 Å². The quantitative estimate of drug-likeness (QED) is 0.309. The molecule has 4 aromatic rings. The zero-order chi connectivity index (χ0) is 26.4. The van der Waals surface area contributed by atoms with Gasteiger partial charge in [-0.3, -0.25) is 14.2 Å². The van der Waals surface area contributed by atoms with Gasteiger partial charge in [-0.15, -0.1) is 0 Å². The van der Waals surface area contributed by atoms with Gasteiger partial charge >= 0.3 is 0 Å². The first-order valence-corrected chi connectivity index (χ1v) is 11.3. The Balaban J connectivity index is 1.86. The lowest BCUT2D eigenvalue weighted by atomic mass is 10.1. The number of carbonyl (C=O) groups is 1. The molecule has 0 aliphatic rings. The second kappa shape index (κ2) is 10.9. The first kappa shape index (κ1) is 24.8. The van der Waals surface area contributed by atoms with Crippen LogP contribution in [0.2, 0.25) is 0 Å². The molecular formula is C27H22N8O2. The van der Waals surface area contributed by atoms with Crippen LogP contribution in [0.5, 0.6) is 0 Å². The van der Waals surface area contributed by atoms with E-state index in [0.29, 0.717) is 28.0 Å². The molecule has 37 heavy (non-hydrogen) atoms. The number of carbonyl (C=O) groups excluding carboxylic acids is 1. The zero-order valence-electron chi connectivity index (χ0n) is 20.0. The van der Waals surface area contributed by atoms with Crippen molar-refractivity contribution in [3.63, 3.8) is 0 Å². The molecule has 0 fully saturated rings. The molecule has 0 spiro atoms. The molecule has 0 saturated carbocycles. The van der Waals surface area contributed by atoms with E-state index in [-0.39, 0.29) is 41.6 Å². The summed E-state index contributed by atoms with van der Waals surface area (Å²) < 4.78 is 1.51. The molecule has 1 atom stereocenters. The van der Waals surface area contributed by atoms with Crippen LogP contribution in [0.4, 0.5) is 11.8 Å². The molecule has 3 N–H and O–H groups in total. The Bertz CT molecular complexity index is 1660. The lowest BCUT2D eigenvalue weighted by Crippen LogP contribution is -2.28. The second-order valence-corrected chi connectivity index (χ2v) is 7.97. The van der Waals surface area contributed by atoms with Crippen molar-refractivity contribution in [3.05, 3.63) is 82.0 Å². The zero-order valence-corrected chi connectivity index (χ0v) is 20.0. The SMILES string of the molecule is C=NC(=O)CCC#Cc1cccc2nc([C@@H](C)Nc3nc(N)ncc3C#N)n(-c3ccccc3)c(=O)c12. The summed E-state index contributed by atoms with van der Waals surface area (Å²) in [7, 11) is 0. The number of aromatic nitrogens is 4. The summed E-state index contributed by atoms with van der Waals surface area (Å²) in [5.41, 5.74) is 7.19. The van der Waals surface area contributed by atoms with Crippen molar-refractivity contribution in [1.82, 2.24) is 19.5 Å². The number of fused-ring (bicyclic) bond motifs is 1. The number of nitriles is 1. The van der Waals surface area contributed by atoms with Gasteiger partial charge in [-0.1, -0.05) is 36.1 Å². The molecule has 2 aromatic heterocycles. The molecular weight excluding hydrogens is 468 g/mol. The highest BCUT2D eigenvalue weighted by atomic mass is 16.1. The van der Waals surface area contributed by atoms with Gasteiger partial charge in [0.05, 0.1) is 28.8 Å². The van der Waals surface area contributed by atoms with Crippen LogP contribution < -0.4 is 16.6 Å². The number of rotatable bonds is 6. The molecule has 0 saturated heterocycles. The molecule has 0 aliphatic heterocycles. The maximum atomic E-state index is 13.9. The summed E-state index contributed by atoms with van der Waals surface area (Å²) in [4.78, 5) is 41.5. The normalized spacial score (nSPS) is 11.1. The minimum atomic E-state index is -0.550. The van der Waals surface area contributed by atoms with Crippen LogP contribution in [-0.4, -0.2) is 32.1 Å². The topological polar surface area (TPSA) is 152 Å². The predicted octanol–water partition coefficient (Wildman–Crippen LogP) is 3.16. The third-order valence-electron chi connectivity index (χ3n) is 5.47. The summed E-state index contributed by atoms with van der Waals surface area (Å²) in [6, 6.07) is 15.8. The molecule has 0 radical (unpaired) electrons. The van der Waals surface area contributed by atoms with Gasteiger partial charge in [-0.05, 0) is 37.9 Å². The standard InChI is InChI=1S/C27H22N8O2/c1-17(32-24-19(15-28)16-31-27(29)34-24)25-33-21-13-8-10-18(9-6-7-14-22(36)30-2)23(21)26(37)35(25)20-11-4-3-5-12-20/h3-5,8,10-13,16-17H,2,7,14H2,1H3,(H3,29,31,32,34)/t17-/m1/s1. The van der Waals surface area contributed by atoms with E-state index in [1.54, 1.807) is 37.3 Å². The van der Waals surface area contributed by atoms with Crippen LogP contribution >= 0.6 is 0 Å². The van der Waals surface area contributed by atoms with Crippen LogP contribution in [0.25, 0.3) is 16.6 Å². The molecule has 10 heteroatoms. The maximum absolute atomic E-state index is 13.9. The van der Waals surface area contributed by atoms with E-state index in [0.717, 1.165) is 0 Å². The van der Waals surface area contributed by atoms with Crippen molar-refractivity contribution in [2.45, 2.75) is 25.8 Å². The first-order valence-electron chi connectivity index (χ1n) is 11.3. The van der Waals surface area contributed by atoms with Crippen LogP contribution in [-0.2, 0) is 4.79 Å². The Hall–Kier alpha value is -5.35. The smallest absolute Gasteiger partial charge is 0.267 e. The molecule has 10 nitrogen and oxygen atoms in total. The Morgan fingerprint density at radius 3 is 2.70 bits per heavy atom. The van der Waals surface area contributed by atoms with Crippen molar-refractivity contribution in [1.29, 1.82) is 5.26 Å². The number of anilines is 2. The highest BCUT2D eigenvalue weighted by molar-refractivity contribution is 5.85. The van der Waals surface area contributed by atoms with Gasteiger partial charge in [-0.25, -0.2) is 15.0 Å². The average molecular weight is 491 g/mol. The van der Waals surface area contributed by atoms with E-state index in [2.05, 4.69) is 38.8 Å². The lowest BCUT2D eigenvalue weighted by molar-refractivity contribution is -0.117. The van der Waals surface area contributed by atoms with Crippen LogP contribution in [0.15, 0.2) is 64.5 Å². The summed E-state index contributed by atoms with van der Waals surface area (Å²) in [6.07, 6.45) is 1.77. The van der Waals surface area contributed by atoms with E-state index < -0.39 is 6.04 Å². The number of hydrogen-bond donors (Lipinski definition) is 2. The van der Waals surface area contributed by atoms with Gasteiger partial charge in [0.25, 0.3) is 5.56 Å². The van der Waals surface area contributed by atoms with E-state index in [1.165, 1.54) is 10.8 Å². The highest BCUT2D eigenvalue weighted by Gasteiger charge is 2.21. The Labute approximate surface area is 212 Å². The molecule has 182 valence electrons. The molecule has 1 amide bonds. The lowest BCUT2D eigenvalue weighted by Gasteiger charge is -2.20. The Morgan fingerprint density at radius 2 is 1.97 bits per heavy atom. The largest absolute Gasteiger partial charge is 0.368 e. The number of para-hydroxylation sites is 1. The monoisotopic (exact) mass is 490 g/mol. The number of nitrogens with zero attached hydrogens (tertiary/aromatic N) is 6. The number of nitrogens with two attached hydrogens (primary N) is 1. The second-order valence-electron chi connectivity index (χ2n) is 7.97. The van der Waals surface area contributed by atoms with Crippen LogP contribution in [0.3, 0.4) is 0 Å². The van der Waals surface area contributed by atoms with Gasteiger partial charge in [0.15, 0.2) is 0 Å². The van der Waals surface area contributed by atoms with Crippen molar-refractivity contribution >= 4 is 35.3 Å². The minimum absolute atomic E-state index is 0.00871. The molecule has 0 bridgehead atoms. The molecule has 0 aliphatic carbocycles. The average Bonchev–Trinajstić information content (AvgIpc) is 2.91. The number of amides is 1. The fraction of sp³-hybridized carbons (Fsp3) is 0.148. The third kappa shape index (κ3) is 5.34. The fourth-order valence-electron chi connectivity index (χ4n) is 3.73. The number of benzene rings is 2. The Morgan fingerprint density at radius 1 is 1.19 bits per heavy atom. The number of aliphatic imine (C=N–C) groups is 1. The van der Waals surface area contributed by atoms with E-state index >= 15 is 0 Å². The maximum Gasteiger partial charge on any atom is 0.267 e. The summed E-state index contributed by atoms with van der Waals surface area (Å²) >= 11 is 0. The Kier molecular flexibility index (Phi) is 7.32. The third-order valence-corrected chi connectivity index (χ3v) is 5.47. The van der Waals surface area contributed by atoms with Gasteiger partial charge in [0.2, 0.25) is 11.9 Å². The summed E-state index contributed by atoms with van der Waals surface area (Å²) in [5, 5.41) is 13.0. The van der Waals surface area contributed by atoms with Gasteiger partial charge in [-0.2, -0.15) is 10.2 Å². The highest BCUT2D eigenvalue weighted by Crippen LogP contribution is 2.23. The molecule has 0 unspecified atom stereocenters. The first-order chi connectivity index (χ1) is 17.9. The van der Waals surface area contributed by atoms with Crippen LogP contribution in [0, 0.1) is 23.2 Å². The van der Waals surface area contributed by atoms with Crippen molar-refractivity contribution in [3.8, 4) is 23.6 Å². The number of nitrogen functional groups attached to an aromatic ring is 1. The van der Waals surface area contributed by atoms with Crippen molar-refractivity contribution in [2.75, 3.05) is 11.1 Å². The predicted molar refractivity (Wildman–Crippen MR) is 141 cm³/mol. The fourth-order valence-corrected chi connectivity index (χ4v) is 3.73. The van der Waals surface area contributed by atoms with Gasteiger partial charge in [0, 0.05) is 18.4 Å². The van der Waals surface area contributed by atoms with Crippen molar-refractivity contribution in [2.24, 2.45) is 4.99 Å².